The molecule has 0 aliphatic heterocycles. The molecule has 0 amide bonds. The minimum Gasteiger partial charge on any atom is -0.455 e. The summed E-state index contributed by atoms with van der Waals surface area (Å²) in [6, 6.07) is 84.1. The van der Waals surface area contributed by atoms with E-state index in [2.05, 4.69) is 240 Å². The zero-order valence-electron chi connectivity index (χ0n) is 34.7. The van der Waals surface area contributed by atoms with E-state index in [1.54, 1.807) is 0 Å². The molecule has 14 rings (SSSR count). The Balaban J connectivity index is 1.01. The molecule has 2 aromatic heterocycles. The first-order chi connectivity index (χ1) is 31.8. The summed E-state index contributed by atoms with van der Waals surface area (Å²) in [5.41, 5.74) is 20.6. The first-order valence-electron chi connectivity index (χ1n) is 22.1. The second-order valence-corrected chi connectivity index (χ2v) is 17.1. The van der Waals surface area contributed by atoms with Gasteiger partial charge in [-0.15, -0.1) is 0 Å². The van der Waals surface area contributed by atoms with Crippen LogP contribution in [0.3, 0.4) is 0 Å². The van der Waals surface area contributed by atoms with Gasteiger partial charge in [-0.2, -0.15) is 0 Å². The normalized spacial score (nSPS) is 13.1. The zero-order valence-corrected chi connectivity index (χ0v) is 34.7. The minimum absolute atomic E-state index is 0.531. The molecule has 0 saturated carbocycles. The van der Waals surface area contributed by atoms with Crippen molar-refractivity contribution < 1.29 is 4.42 Å². The number of fused-ring (bicyclic) bond motifs is 18. The number of benzene rings is 10. The van der Waals surface area contributed by atoms with Crippen LogP contribution in [0.25, 0.3) is 82.8 Å². The van der Waals surface area contributed by atoms with Crippen molar-refractivity contribution in [3.05, 3.63) is 253 Å². The molecule has 64 heavy (non-hydrogen) atoms. The summed E-state index contributed by atoms with van der Waals surface area (Å²) in [7, 11) is 0. The number of furan rings is 1. The van der Waals surface area contributed by atoms with Gasteiger partial charge in [-0.1, -0.05) is 158 Å². The standard InChI is InChI=1S/C61H38N2O/c1-4-16-41(17-5-1)62(42-18-6-2-7-19-42)44-31-28-39(29-32-44)40-30-33-49-54(38-40)61(51-25-13-10-22-45(51)46-23-11-14-26-52(46)61)53-36-34-47-48-35-37-56-58(60(48)64-59(47)57(49)53)50-24-12-15-27-55(50)63(56)43-20-8-3-9-21-43/h1-38H. The minimum atomic E-state index is -0.531. The predicted octanol–water partition coefficient (Wildman–Crippen LogP) is 16.2. The topological polar surface area (TPSA) is 21.3 Å². The molecule has 3 nitrogen and oxygen atoms in total. The highest BCUT2D eigenvalue weighted by atomic mass is 16.3. The van der Waals surface area contributed by atoms with Crippen LogP contribution in [0.15, 0.2) is 235 Å². The second kappa shape index (κ2) is 13.3. The van der Waals surface area contributed by atoms with Crippen molar-refractivity contribution in [1.82, 2.24) is 4.57 Å². The average molecular weight is 815 g/mol. The molecule has 10 aromatic carbocycles. The van der Waals surface area contributed by atoms with Crippen LogP contribution in [0.2, 0.25) is 0 Å². The Kier molecular flexibility index (Phi) is 7.32. The van der Waals surface area contributed by atoms with Crippen molar-refractivity contribution in [2.24, 2.45) is 0 Å². The van der Waals surface area contributed by atoms with Crippen LogP contribution in [-0.4, -0.2) is 4.57 Å². The molecular formula is C61H38N2O. The molecular weight excluding hydrogens is 777 g/mol. The van der Waals surface area contributed by atoms with Crippen molar-refractivity contribution in [3.8, 4) is 39.1 Å². The number of nitrogens with zero attached hydrogens (tertiary/aromatic N) is 2. The number of anilines is 3. The molecule has 2 aliphatic rings. The van der Waals surface area contributed by atoms with Crippen LogP contribution in [-0.2, 0) is 5.41 Å². The van der Waals surface area contributed by atoms with E-state index in [9.17, 15) is 0 Å². The van der Waals surface area contributed by atoms with Gasteiger partial charge in [0.15, 0.2) is 0 Å². The summed E-state index contributed by atoms with van der Waals surface area (Å²) in [5, 5.41) is 4.59. The van der Waals surface area contributed by atoms with Crippen LogP contribution < -0.4 is 4.90 Å². The van der Waals surface area contributed by atoms with E-state index in [0.717, 1.165) is 55.6 Å². The van der Waals surface area contributed by atoms with Gasteiger partial charge >= 0.3 is 0 Å². The van der Waals surface area contributed by atoms with Crippen molar-refractivity contribution in [1.29, 1.82) is 0 Å². The van der Waals surface area contributed by atoms with Crippen molar-refractivity contribution in [2.45, 2.75) is 5.41 Å². The molecule has 2 heterocycles. The van der Waals surface area contributed by atoms with Gasteiger partial charge in [-0.3, -0.25) is 0 Å². The summed E-state index contributed by atoms with van der Waals surface area (Å²) < 4.78 is 9.78. The van der Waals surface area contributed by atoms with Crippen LogP contribution in [0.4, 0.5) is 17.1 Å². The van der Waals surface area contributed by atoms with E-state index < -0.39 is 5.41 Å². The summed E-state index contributed by atoms with van der Waals surface area (Å²) in [4.78, 5) is 2.32. The van der Waals surface area contributed by atoms with E-state index in [-0.39, 0.29) is 0 Å². The third-order valence-corrected chi connectivity index (χ3v) is 14.0. The molecule has 298 valence electrons. The highest BCUT2D eigenvalue weighted by Crippen LogP contribution is 2.64. The molecule has 0 N–H and O–H groups in total. The molecule has 3 heteroatoms. The summed E-state index contributed by atoms with van der Waals surface area (Å²) in [6.07, 6.45) is 0. The Morgan fingerprint density at radius 1 is 0.359 bits per heavy atom. The number of para-hydroxylation sites is 4. The highest BCUT2D eigenvalue weighted by molar-refractivity contribution is 6.25. The third-order valence-electron chi connectivity index (χ3n) is 14.0. The molecule has 0 radical (unpaired) electrons. The number of hydrogen-bond acceptors (Lipinski definition) is 2. The molecule has 0 unspecified atom stereocenters. The lowest BCUT2D eigenvalue weighted by Crippen LogP contribution is -2.25. The monoisotopic (exact) mass is 814 g/mol. The average Bonchev–Trinajstić information content (AvgIpc) is 4.09. The molecule has 0 atom stereocenters. The highest BCUT2D eigenvalue weighted by Gasteiger charge is 2.52. The lowest BCUT2D eigenvalue weighted by atomic mass is 9.70. The summed E-state index contributed by atoms with van der Waals surface area (Å²) in [5.74, 6) is 0. The smallest absolute Gasteiger partial charge is 0.145 e. The lowest BCUT2D eigenvalue weighted by Gasteiger charge is -2.30. The fraction of sp³-hybridized carbons (Fsp3) is 0.0164. The molecule has 0 fully saturated rings. The van der Waals surface area contributed by atoms with E-state index in [4.69, 9.17) is 4.42 Å². The third kappa shape index (κ3) is 4.70. The predicted molar refractivity (Wildman–Crippen MR) is 264 cm³/mol. The number of hydrogen-bond donors (Lipinski definition) is 0. The van der Waals surface area contributed by atoms with Gasteiger partial charge in [0.1, 0.15) is 11.2 Å². The molecule has 0 saturated heterocycles. The first kappa shape index (κ1) is 35.2. The molecule has 0 bridgehead atoms. The van der Waals surface area contributed by atoms with Crippen LogP contribution in [0, 0.1) is 0 Å². The van der Waals surface area contributed by atoms with Crippen LogP contribution >= 0.6 is 0 Å². The van der Waals surface area contributed by atoms with Gasteiger partial charge in [0.05, 0.1) is 21.8 Å². The van der Waals surface area contributed by atoms with Gasteiger partial charge in [-0.25, -0.2) is 0 Å². The quantitative estimate of drug-likeness (QED) is 0.173. The van der Waals surface area contributed by atoms with E-state index in [0.29, 0.717) is 0 Å². The van der Waals surface area contributed by atoms with Gasteiger partial charge in [0.2, 0.25) is 0 Å². The van der Waals surface area contributed by atoms with Gasteiger partial charge in [0.25, 0.3) is 0 Å². The Labute approximate surface area is 370 Å². The van der Waals surface area contributed by atoms with Crippen LogP contribution in [0.1, 0.15) is 22.3 Å². The molecule has 1 spiro atoms. The van der Waals surface area contributed by atoms with E-state index >= 15 is 0 Å². The maximum Gasteiger partial charge on any atom is 0.145 e. The van der Waals surface area contributed by atoms with Crippen molar-refractivity contribution >= 4 is 60.8 Å². The first-order valence-corrected chi connectivity index (χ1v) is 22.1. The Bertz CT molecular complexity index is 3740. The maximum absolute atomic E-state index is 7.41. The maximum atomic E-state index is 7.41. The summed E-state index contributed by atoms with van der Waals surface area (Å²) >= 11 is 0. The van der Waals surface area contributed by atoms with E-state index in [1.165, 1.54) is 66.5 Å². The zero-order chi connectivity index (χ0) is 41.9. The fourth-order valence-corrected chi connectivity index (χ4v) is 11.4. The van der Waals surface area contributed by atoms with Gasteiger partial charge in [-0.05, 0) is 123 Å². The van der Waals surface area contributed by atoms with Crippen molar-refractivity contribution in [3.63, 3.8) is 0 Å². The SMILES string of the molecule is c1ccc(N(c2ccccc2)c2ccc(-c3ccc4c(c3)C3(c5ccccc5-c5ccccc53)c3ccc5c(oc6c5ccc5c6c6ccccc6n5-c5ccccc5)c3-4)cc2)cc1. The largest absolute Gasteiger partial charge is 0.455 e. The lowest BCUT2D eigenvalue weighted by molar-refractivity contribution is 0.673. The number of aromatic nitrogens is 1. The van der Waals surface area contributed by atoms with Gasteiger partial charge < -0.3 is 13.9 Å². The fourth-order valence-electron chi connectivity index (χ4n) is 11.4. The Morgan fingerprint density at radius 2 is 0.922 bits per heavy atom. The summed E-state index contributed by atoms with van der Waals surface area (Å²) in [6.45, 7) is 0. The van der Waals surface area contributed by atoms with Crippen molar-refractivity contribution in [2.75, 3.05) is 4.90 Å². The Morgan fingerprint density at radius 3 is 1.62 bits per heavy atom. The molecule has 2 aliphatic carbocycles. The van der Waals surface area contributed by atoms with Crippen LogP contribution in [0.5, 0.6) is 0 Å². The Hall–Kier alpha value is -8.40. The van der Waals surface area contributed by atoms with E-state index in [1.807, 2.05) is 0 Å². The molecule has 12 aromatic rings. The van der Waals surface area contributed by atoms with Gasteiger partial charge in [0, 0.05) is 44.5 Å². The number of rotatable bonds is 5. The second-order valence-electron chi connectivity index (χ2n) is 17.1.